The van der Waals surface area contributed by atoms with Gasteiger partial charge in [0.05, 0.1) is 0 Å². The molecule has 0 radical (unpaired) electrons. The molecule has 0 bridgehead atoms. The van der Waals surface area contributed by atoms with Crippen LogP contribution in [0.2, 0.25) is 0 Å². The van der Waals surface area contributed by atoms with E-state index in [4.69, 9.17) is 0 Å². The molecule has 0 aromatic heterocycles. The summed E-state index contributed by atoms with van der Waals surface area (Å²) in [6.45, 7) is 7.10. The molecule has 1 saturated heterocycles. The van der Waals surface area contributed by atoms with Crippen molar-refractivity contribution in [3.05, 3.63) is 0 Å². The molecule has 2 fully saturated rings. The zero-order valence-electron chi connectivity index (χ0n) is 8.19. The first-order chi connectivity index (χ1) is 5.66. The van der Waals surface area contributed by atoms with E-state index in [2.05, 4.69) is 24.5 Å². The summed E-state index contributed by atoms with van der Waals surface area (Å²) in [5.41, 5.74) is 0.615. The zero-order valence-corrected chi connectivity index (χ0v) is 8.19. The molecule has 1 heterocycles. The fourth-order valence-electron chi connectivity index (χ4n) is 2.52. The number of rotatable bonds is 2. The third-order valence-electron chi connectivity index (χ3n) is 3.13. The molecule has 2 aliphatic rings. The Morgan fingerprint density at radius 3 is 2.50 bits per heavy atom. The second kappa shape index (κ2) is 3.00. The van der Waals surface area contributed by atoms with Crippen molar-refractivity contribution in [2.75, 3.05) is 13.1 Å². The number of hydrogen-bond acceptors (Lipinski definition) is 2. The molecule has 1 aliphatic carbocycles. The summed E-state index contributed by atoms with van der Waals surface area (Å²) in [6, 6.07) is 1.57. The third-order valence-corrected chi connectivity index (χ3v) is 3.13. The quantitative estimate of drug-likeness (QED) is 0.646. The van der Waals surface area contributed by atoms with Gasteiger partial charge in [-0.25, -0.2) is 0 Å². The molecule has 0 amide bonds. The minimum Gasteiger partial charge on any atom is -0.315 e. The SMILES string of the molecule is CC1(C)CC(NC2CCNC2)C1. The van der Waals surface area contributed by atoms with Crippen LogP contribution in [0.5, 0.6) is 0 Å². The minimum atomic E-state index is 0.615. The Balaban J connectivity index is 1.69. The van der Waals surface area contributed by atoms with Crippen LogP contribution in [0.3, 0.4) is 0 Å². The van der Waals surface area contributed by atoms with E-state index in [0.29, 0.717) is 5.41 Å². The molecule has 2 nitrogen and oxygen atoms in total. The van der Waals surface area contributed by atoms with Crippen LogP contribution in [-0.2, 0) is 0 Å². The van der Waals surface area contributed by atoms with Crippen LogP contribution in [-0.4, -0.2) is 25.2 Å². The molecular weight excluding hydrogens is 148 g/mol. The van der Waals surface area contributed by atoms with Crippen molar-refractivity contribution in [1.82, 2.24) is 10.6 Å². The molecule has 2 rings (SSSR count). The fourth-order valence-corrected chi connectivity index (χ4v) is 2.52. The molecule has 1 atom stereocenters. The monoisotopic (exact) mass is 168 g/mol. The van der Waals surface area contributed by atoms with Gasteiger partial charge in [-0.1, -0.05) is 13.8 Å². The lowest BCUT2D eigenvalue weighted by Crippen LogP contribution is -2.50. The Labute approximate surface area is 75.1 Å². The summed E-state index contributed by atoms with van der Waals surface area (Å²) in [6.07, 6.45) is 4.05. The molecule has 1 unspecified atom stereocenters. The van der Waals surface area contributed by atoms with E-state index in [9.17, 15) is 0 Å². The second-order valence-electron chi connectivity index (χ2n) is 5.13. The molecule has 12 heavy (non-hydrogen) atoms. The average Bonchev–Trinajstić information content (AvgIpc) is 2.35. The van der Waals surface area contributed by atoms with Gasteiger partial charge < -0.3 is 10.6 Å². The van der Waals surface area contributed by atoms with E-state index in [1.54, 1.807) is 0 Å². The highest BCUT2D eigenvalue weighted by molar-refractivity contribution is 4.94. The molecule has 2 heteroatoms. The summed E-state index contributed by atoms with van der Waals surface area (Å²) in [5, 5.41) is 7.09. The van der Waals surface area contributed by atoms with Gasteiger partial charge in [-0.15, -0.1) is 0 Å². The van der Waals surface area contributed by atoms with E-state index in [1.807, 2.05) is 0 Å². The molecule has 1 aliphatic heterocycles. The van der Waals surface area contributed by atoms with Gasteiger partial charge in [-0.2, -0.15) is 0 Å². The molecule has 0 aromatic carbocycles. The fraction of sp³-hybridized carbons (Fsp3) is 1.00. The van der Waals surface area contributed by atoms with E-state index in [1.165, 1.54) is 32.4 Å². The van der Waals surface area contributed by atoms with Crippen molar-refractivity contribution in [2.24, 2.45) is 5.41 Å². The van der Waals surface area contributed by atoms with E-state index >= 15 is 0 Å². The van der Waals surface area contributed by atoms with Gasteiger partial charge in [0.25, 0.3) is 0 Å². The van der Waals surface area contributed by atoms with Crippen LogP contribution in [0.25, 0.3) is 0 Å². The van der Waals surface area contributed by atoms with Crippen LogP contribution < -0.4 is 10.6 Å². The summed E-state index contributed by atoms with van der Waals surface area (Å²) < 4.78 is 0. The normalized spacial score (nSPS) is 35.0. The third kappa shape index (κ3) is 1.80. The van der Waals surface area contributed by atoms with Crippen molar-refractivity contribution in [1.29, 1.82) is 0 Å². The summed E-state index contributed by atoms with van der Waals surface area (Å²) in [4.78, 5) is 0. The van der Waals surface area contributed by atoms with E-state index in [0.717, 1.165) is 12.1 Å². The lowest BCUT2D eigenvalue weighted by atomic mass is 9.68. The first-order valence-corrected chi connectivity index (χ1v) is 5.12. The molecule has 70 valence electrons. The predicted octanol–water partition coefficient (Wildman–Crippen LogP) is 1.13. The molecular formula is C10H20N2. The lowest BCUT2D eigenvalue weighted by Gasteiger charge is -2.44. The second-order valence-corrected chi connectivity index (χ2v) is 5.13. The van der Waals surface area contributed by atoms with Gasteiger partial charge in [-0.05, 0) is 31.2 Å². The minimum absolute atomic E-state index is 0.615. The largest absolute Gasteiger partial charge is 0.315 e. The van der Waals surface area contributed by atoms with Crippen molar-refractivity contribution < 1.29 is 0 Å². The van der Waals surface area contributed by atoms with Crippen molar-refractivity contribution in [2.45, 2.75) is 45.2 Å². The van der Waals surface area contributed by atoms with E-state index < -0.39 is 0 Å². The topological polar surface area (TPSA) is 24.1 Å². The van der Waals surface area contributed by atoms with Gasteiger partial charge in [0.1, 0.15) is 0 Å². The Morgan fingerprint density at radius 1 is 1.25 bits per heavy atom. The maximum Gasteiger partial charge on any atom is 0.0207 e. The Bertz CT molecular complexity index is 151. The number of hydrogen-bond donors (Lipinski definition) is 2. The Hall–Kier alpha value is -0.0800. The maximum absolute atomic E-state index is 3.71. The van der Waals surface area contributed by atoms with Crippen molar-refractivity contribution in [3.8, 4) is 0 Å². The summed E-state index contributed by atoms with van der Waals surface area (Å²) >= 11 is 0. The van der Waals surface area contributed by atoms with Gasteiger partial charge in [-0.3, -0.25) is 0 Å². The van der Waals surface area contributed by atoms with Gasteiger partial charge >= 0.3 is 0 Å². The van der Waals surface area contributed by atoms with Crippen molar-refractivity contribution >= 4 is 0 Å². The molecule has 0 aromatic rings. The van der Waals surface area contributed by atoms with Crippen LogP contribution in [0.15, 0.2) is 0 Å². The Morgan fingerprint density at radius 2 is 2.00 bits per heavy atom. The predicted molar refractivity (Wildman–Crippen MR) is 51.2 cm³/mol. The zero-order chi connectivity index (χ0) is 8.60. The van der Waals surface area contributed by atoms with Crippen molar-refractivity contribution in [3.63, 3.8) is 0 Å². The van der Waals surface area contributed by atoms with Crippen LogP contribution >= 0.6 is 0 Å². The van der Waals surface area contributed by atoms with Crippen LogP contribution in [0.1, 0.15) is 33.1 Å². The average molecular weight is 168 g/mol. The first-order valence-electron chi connectivity index (χ1n) is 5.12. The standard InChI is InChI=1S/C10H20N2/c1-10(2)5-9(6-10)12-8-3-4-11-7-8/h8-9,11-12H,3-7H2,1-2H3. The summed E-state index contributed by atoms with van der Waals surface area (Å²) in [5.74, 6) is 0. The number of nitrogens with one attached hydrogen (secondary N) is 2. The lowest BCUT2D eigenvalue weighted by molar-refractivity contribution is 0.118. The highest BCUT2D eigenvalue weighted by Gasteiger charge is 2.36. The van der Waals surface area contributed by atoms with Gasteiger partial charge in [0.2, 0.25) is 0 Å². The highest BCUT2D eigenvalue weighted by Crippen LogP contribution is 2.40. The Kier molecular flexibility index (Phi) is 2.13. The molecule has 1 saturated carbocycles. The highest BCUT2D eigenvalue weighted by atomic mass is 15.1. The molecule has 0 spiro atoms. The summed E-state index contributed by atoms with van der Waals surface area (Å²) in [7, 11) is 0. The van der Waals surface area contributed by atoms with Gasteiger partial charge in [0, 0.05) is 18.6 Å². The maximum atomic E-state index is 3.71. The van der Waals surface area contributed by atoms with Crippen LogP contribution in [0.4, 0.5) is 0 Å². The van der Waals surface area contributed by atoms with Gasteiger partial charge in [0.15, 0.2) is 0 Å². The van der Waals surface area contributed by atoms with E-state index in [-0.39, 0.29) is 0 Å². The van der Waals surface area contributed by atoms with Crippen LogP contribution in [0, 0.1) is 5.41 Å². The smallest absolute Gasteiger partial charge is 0.0207 e. The first kappa shape index (κ1) is 8.52. The molecule has 2 N–H and O–H groups in total.